The van der Waals surface area contributed by atoms with Crippen LogP contribution < -0.4 is 16.0 Å². The molecule has 0 saturated carbocycles. The minimum Gasteiger partial charge on any atom is -0.379 e. The Morgan fingerprint density at radius 2 is 1.74 bits per heavy atom. The van der Waals surface area contributed by atoms with Crippen LogP contribution in [0.1, 0.15) is 5.56 Å². The van der Waals surface area contributed by atoms with Gasteiger partial charge in [-0.2, -0.15) is 0 Å². The highest BCUT2D eigenvalue weighted by molar-refractivity contribution is 14.0. The Kier molecular flexibility index (Phi) is 11.9. The average molecular weight is 493 g/mol. The van der Waals surface area contributed by atoms with Crippen molar-refractivity contribution in [3.8, 4) is 0 Å². The highest BCUT2D eigenvalue weighted by Crippen LogP contribution is 2.03. The molecule has 0 aromatic heterocycles. The number of amides is 1. The van der Waals surface area contributed by atoms with Crippen molar-refractivity contribution in [3.05, 3.63) is 35.6 Å². The molecule has 0 unspecified atom stereocenters. The van der Waals surface area contributed by atoms with Crippen molar-refractivity contribution in [1.82, 2.24) is 20.9 Å². The summed E-state index contributed by atoms with van der Waals surface area (Å²) in [6, 6.07) is 5.95. The van der Waals surface area contributed by atoms with Crippen LogP contribution in [0.15, 0.2) is 29.3 Å². The Morgan fingerprint density at radius 1 is 1.11 bits per heavy atom. The average Bonchev–Trinajstić information content (AvgIpc) is 2.66. The van der Waals surface area contributed by atoms with E-state index in [2.05, 4.69) is 25.8 Å². The molecular formula is C18H29FIN5O2. The molecule has 0 atom stereocenters. The van der Waals surface area contributed by atoms with E-state index < -0.39 is 0 Å². The van der Waals surface area contributed by atoms with Gasteiger partial charge in [0.2, 0.25) is 5.91 Å². The first-order valence-corrected chi connectivity index (χ1v) is 8.93. The molecule has 1 heterocycles. The van der Waals surface area contributed by atoms with Gasteiger partial charge in [0.25, 0.3) is 0 Å². The van der Waals surface area contributed by atoms with E-state index in [1.54, 1.807) is 19.2 Å². The van der Waals surface area contributed by atoms with Gasteiger partial charge in [0.15, 0.2) is 5.96 Å². The fraction of sp³-hybridized carbons (Fsp3) is 0.556. The van der Waals surface area contributed by atoms with Gasteiger partial charge in [0, 0.05) is 46.3 Å². The smallest absolute Gasteiger partial charge is 0.224 e. The van der Waals surface area contributed by atoms with Crippen LogP contribution in [0.2, 0.25) is 0 Å². The van der Waals surface area contributed by atoms with Gasteiger partial charge in [-0.25, -0.2) is 4.39 Å². The van der Waals surface area contributed by atoms with Crippen LogP contribution in [-0.2, 0) is 16.0 Å². The summed E-state index contributed by atoms with van der Waals surface area (Å²) in [4.78, 5) is 18.4. The maximum absolute atomic E-state index is 12.8. The van der Waals surface area contributed by atoms with Crippen molar-refractivity contribution >= 4 is 35.8 Å². The van der Waals surface area contributed by atoms with Gasteiger partial charge in [-0.1, -0.05) is 12.1 Å². The molecule has 0 aliphatic carbocycles. The summed E-state index contributed by atoms with van der Waals surface area (Å²) in [7, 11) is 1.72. The first-order valence-electron chi connectivity index (χ1n) is 8.93. The van der Waals surface area contributed by atoms with Gasteiger partial charge >= 0.3 is 0 Å². The molecule has 27 heavy (non-hydrogen) atoms. The SMILES string of the molecule is CN=C(NCCNC(=O)Cc1ccc(F)cc1)NCCN1CCOCC1.I. The van der Waals surface area contributed by atoms with E-state index in [0.717, 1.165) is 45.0 Å². The van der Waals surface area contributed by atoms with Gasteiger partial charge < -0.3 is 20.7 Å². The van der Waals surface area contributed by atoms with E-state index in [4.69, 9.17) is 4.74 Å². The molecular weight excluding hydrogens is 464 g/mol. The quantitative estimate of drug-likeness (QED) is 0.214. The van der Waals surface area contributed by atoms with Crippen molar-refractivity contribution in [3.63, 3.8) is 0 Å². The number of morpholine rings is 1. The molecule has 1 fully saturated rings. The number of nitrogens with zero attached hydrogens (tertiary/aromatic N) is 2. The van der Waals surface area contributed by atoms with Gasteiger partial charge in [-0.05, 0) is 17.7 Å². The second-order valence-electron chi connectivity index (χ2n) is 6.03. The van der Waals surface area contributed by atoms with E-state index in [1.807, 2.05) is 0 Å². The molecule has 1 aliphatic heterocycles. The van der Waals surface area contributed by atoms with E-state index >= 15 is 0 Å². The third-order valence-electron chi connectivity index (χ3n) is 4.07. The van der Waals surface area contributed by atoms with Crippen LogP contribution in [-0.4, -0.2) is 76.3 Å². The largest absolute Gasteiger partial charge is 0.379 e. The molecule has 3 N–H and O–H groups in total. The molecule has 0 spiro atoms. The fourth-order valence-electron chi connectivity index (χ4n) is 2.61. The Bertz CT molecular complexity index is 580. The molecule has 0 bridgehead atoms. The van der Waals surface area contributed by atoms with E-state index in [0.29, 0.717) is 19.0 Å². The Hall–Kier alpha value is -1.46. The number of rotatable bonds is 8. The molecule has 1 aromatic rings. The number of halogens is 2. The third-order valence-corrected chi connectivity index (χ3v) is 4.07. The van der Waals surface area contributed by atoms with E-state index in [-0.39, 0.29) is 42.1 Å². The Labute approximate surface area is 177 Å². The zero-order valence-electron chi connectivity index (χ0n) is 15.7. The second-order valence-corrected chi connectivity index (χ2v) is 6.03. The van der Waals surface area contributed by atoms with Crippen molar-refractivity contribution in [1.29, 1.82) is 0 Å². The summed E-state index contributed by atoms with van der Waals surface area (Å²) < 4.78 is 18.2. The number of hydrogen-bond acceptors (Lipinski definition) is 4. The van der Waals surface area contributed by atoms with Crippen molar-refractivity contribution in [2.24, 2.45) is 4.99 Å². The minimum absolute atomic E-state index is 0. The van der Waals surface area contributed by atoms with E-state index in [1.165, 1.54) is 12.1 Å². The minimum atomic E-state index is -0.300. The van der Waals surface area contributed by atoms with Crippen LogP contribution in [0.5, 0.6) is 0 Å². The summed E-state index contributed by atoms with van der Waals surface area (Å²) in [6.07, 6.45) is 0.243. The monoisotopic (exact) mass is 493 g/mol. The highest BCUT2D eigenvalue weighted by Gasteiger charge is 2.09. The normalized spacial score (nSPS) is 15.0. The van der Waals surface area contributed by atoms with Gasteiger partial charge in [-0.3, -0.25) is 14.7 Å². The van der Waals surface area contributed by atoms with Crippen LogP contribution >= 0.6 is 24.0 Å². The lowest BCUT2D eigenvalue weighted by atomic mass is 10.1. The van der Waals surface area contributed by atoms with E-state index in [9.17, 15) is 9.18 Å². The number of benzene rings is 1. The molecule has 7 nitrogen and oxygen atoms in total. The lowest BCUT2D eigenvalue weighted by Gasteiger charge is -2.26. The first kappa shape index (κ1) is 23.6. The number of carbonyl (C=O) groups is 1. The summed E-state index contributed by atoms with van der Waals surface area (Å²) in [5.41, 5.74) is 0.789. The molecule has 0 radical (unpaired) electrons. The number of ether oxygens (including phenoxy) is 1. The number of hydrogen-bond donors (Lipinski definition) is 3. The first-order chi connectivity index (χ1) is 12.7. The molecule has 1 aliphatic rings. The summed E-state index contributed by atoms with van der Waals surface area (Å²) >= 11 is 0. The Balaban J connectivity index is 0.00000364. The second kappa shape index (κ2) is 13.7. The number of nitrogens with one attached hydrogen (secondary N) is 3. The summed E-state index contributed by atoms with van der Waals surface area (Å²) in [5.74, 6) is 0.325. The van der Waals surface area contributed by atoms with Crippen LogP contribution in [0.4, 0.5) is 4.39 Å². The zero-order chi connectivity index (χ0) is 18.6. The highest BCUT2D eigenvalue weighted by atomic mass is 127. The number of carbonyl (C=O) groups excluding carboxylic acids is 1. The van der Waals surface area contributed by atoms with Crippen molar-refractivity contribution in [2.75, 3.05) is 59.5 Å². The summed E-state index contributed by atoms with van der Waals surface area (Å²) in [6.45, 7) is 6.34. The molecule has 1 aromatic carbocycles. The fourth-order valence-corrected chi connectivity index (χ4v) is 2.61. The topological polar surface area (TPSA) is 78.0 Å². The zero-order valence-corrected chi connectivity index (χ0v) is 18.0. The van der Waals surface area contributed by atoms with Crippen molar-refractivity contribution in [2.45, 2.75) is 6.42 Å². The third kappa shape index (κ3) is 9.87. The van der Waals surface area contributed by atoms with Gasteiger partial charge in [-0.15, -0.1) is 24.0 Å². The van der Waals surface area contributed by atoms with Gasteiger partial charge in [0.1, 0.15) is 5.82 Å². The van der Waals surface area contributed by atoms with Crippen LogP contribution in [0, 0.1) is 5.82 Å². The summed E-state index contributed by atoms with van der Waals surface area (Å²) in [5, 5.41) is 9.26. The predicted molar refractivity (Wildman–Crippen MR) is 115 cm³/mol. The molecule has 2 rings (SSSR count). The standard InChI is InChI=1S/C18H28FN5O2.HI/c1-20-18(23-8-9-24-10-12-26-13-11-24)22-7-6-21-17(25)14-15-2-4-16(19)5-3-15;/h2-5H,6-14H2,1H3,(H,21,25)(H2,20,22,23);1H. The molecule has 1 saturated heterocycles. The maximum atomic E-state index is 12.8. The Morgan fingerprint density at radius 3 is 2.41 bits per heavy atom. The van der Waals surface area contributed by atoms with Gasteiger partial charge in [0.05, 0.1) is 19.6 Å². The molecule has 9 heteroatoms. The van der Waals surface area contributed by atoms with Crippen LogP contribution in [0.25, 0.3) is 0 Å². The van der Waals surface area contributed by atoms with Crippen molar-refractivity contribution < 1.29 is 13.9 Å². The molecule has 1 amide bonds. The maximum Gasteiger partial charge on any atom is 0.224 e. The lowest BCUT2D eigenvalue weighted by Crippen LogP contribution is -2.45. The predicted octanol–water partition coefficient (Wildman–Crippen LogP) is 0.600. The molecule has 152 valence electrons. The number of aliphatic imine (C=N–C) groups is 1. The number of guanidine groups is 1. The lowest BCUT2D eigenvalue weighted by molar-refractivity contribution is -0.120. The van der Waals surface area contributed by atoms with Crippen LogP contribution in [0.3, 0.4) is 0 Å².